The van der Waals surface area contributed by atoms with Crippen LogP contribution >= 0.6 is 0 Å². The maximum Gasteiger partial charge on any atom is 0.326 e. The molecule has 20 heavy (non-hydrogen) atoms. The first-order chi connectivity index (χ1) is 9.61. The van der Waals surface area contributed by atoms with Gasteiger partial charge in [-0.15, -0.1) is 0 Å². The Morgan fingerprint density at radius 2 is 2.25 bits per heavy atom. The molecule has 0 aromatic heterocycles. The second kappa shape index (κ2) is 6.27. The van der Waals surface area contributed by atoms with Gasteiger partial charge in [-0.25, -0.2) is 4.79 Å². The van der Waals surface area contributed by atoms with Gasteiger partial charge in [0.05, 0.1) is 12.2 Å². The van der Waals surface area contributed by atoms with Crippen LogP contribution in [0.15, 0.2) is 24.3 Å². The Morgan fingerprint density at radius 1 is 1.50 bits per heavy atom. The molecule has 1 aliphatic heterocycles. The number of carbonyl (C=O) groups excluding carboxylic acids is 1. The molecule has 0 saturated heterocycles. The van der Waals surface area contributed by atoms with E-state index in [-0.39, 0.29) is 0 Å². The third-order valence-electron chi connectivity index (χ3n) is 3.12. The van der Waals surface area contributed by atoms with E-state index in [0.29, 0.717) is 25.1 Å². The molecule has 1 aromatic rings. The van der Waals surface area contributed by atoms with Gasteiger partial charge in [0.25, 0.3) is 5.91 Å². The van der Waals surface area contributed by atoms with Gasteiger partial charge < -0.3 is 20.5 Å². The van der Waals surface area contributed by atoms with E-state index in [1.807, 2.05) is 25.1 Å². The summed E-state index contributed by atoms with van der Waals surface area (Å²) in [4.78, 5) is 23.1. The molecule has 1 aromatic carbocycles. The number of hydrogen-bond donors (Lipinski definition) is 3. The Hall–Kier alpha value is -2.24. The van der Waals surface area contributed by atoms with E-state index < -0.39 is 24.0 Å². The summed E-state index contributed by atoms with van der Waals surface area (Å²) in [6.45, 7) is 2.19. The van der Waals surface area contributed by atoms with Gasteiger partial charge in [0.1, 0.15) is 11.8 Å². The zero-order valence-electron chi connectivity index (χ0n) is 11.3. The van der Waals surface area contributed by atoms with Crippen LogP contribution in [0.1, 0.15) is 19.8 Å². The molecule has 0 bridgehead atoms. The summed E-state index contributed by atoms with van der Waals surface area (Å²) in [5.41, 5.74) is 0.833. The quantitative estimate of drug-likeness (QED) is 0.754. The summed E-state index contributed by atoms with van der Waals surface area (Å²) in [6.07, 6.45) is 0.366. The van der Waals surface area contributed by atoms with Gasteiger partial charge in [-0.2, -0.15) is 0 Å². The van der Waals surface area contributed by atoms with Crippen LogP contribution in [-0.2, 0) is 9.59 Å². The Balaban J connectivity index is 1.99. The standard InChI is InChI=1S/C14H18N2O4/c1-2-5-10(14(18)19)16-13(17)12-8-15-9-6-3-4-7-11(9)20-12/h3-4,6-7,10,12,15H,2,5,8H2,1H3,(H,16,17)(H,18,19)/t10-,12?/m1/s1. The molecule has 0 spiro atoms. The number of fused-ring (bicyclic) bond motifs is 1. The van der Waals surface area contributed by atoms with Gasteiger partial charge in [-0.1, -0.05) is 25.5 Å². The zero-order chi connectivity index (χ0) is 14.5. The number of carboxylic acids is 1. The van der Waals surface area contributed by atoms with Crippen molar-refractivity contribution in [2.24, 2.45) is 0 Å². The van der Waals surface area contributed by atoms with E-state index in [0.717, 1.165) is 5.69 Å². The molecule has 2 rings (SSSR count). The van der Waals surface area contributed by atoms with Crippen LogP contribution in [0.4, 0.5) is 5.69 Å². The van der Waals surface area contributed by atoms with Crippen LogP contribution in [0.5, 0.6) is 5.75 Å². The van der Waals surface area contributed by atoms with E-state index in [1.165, 1.54) is 0 Å². The number of carbonyl (C=O) groups is 2. The average Bonchev–Trinajstić information content (AvgIpc) is 2.46. The van der Waals surface area contributed by atoms with Crippen molar-refractivity contribution in [2.75, 3.05) is 11.9 Å². The molecule has 1 heterocycles. The molecule has 3 N–H and O–H groups in total. The second-order valence-electron chi connectivity index (χ2n) is 4.67. The predicted octanol–water partition coefficient (Wildman–Crippen LogP) is 1.23. The van der Waals surface area contributed by atoms with Crippen LogP contribution in [0.2, 0.25) is 0 Å². The predicted molar refractivity (Wildman–Crippen MR) is 73.8 cm³/mol. The molecule has 0 aliphatic carbocycles. The van der Waals surface area contributed by atoms with E-state index in [4.69, 9.17) is 9.84 Å². The lowest BCUT2D eigenvalue weighted by Crippen LogP contribution is -2.50. The van der Waals surface area contributed by atoms with E-state index in [9.17, 15) is 9.59 Å². The first kappa shape index (κ1) is 14.2. The minimum Gasteiger partial charge on any atom is -0.480 e. The summed E-state index contributed by atoms with van der Waals surface area (Å²) >= 11 is 0. The van der Waals surface area contributed by atoms with Gasteiger partial charge in [0.2, 0.25) is 0 Å². The highest BCUT2D eigenvalue weighted by Gasteiger charge is 2.29. The van der Waals surface area contributed by atoms with Crippen LogP contribution in [0.25, 0.3) is 0 Å². The fraction of sp³-hybridized carbons (Fsp3) is 0.429. The van der Waals surface area contributed by atoms with E-state index >= 15 is 0 Å². The first-order valence-corrected chi connectivity index (χ1v) is 6.64. The molecule has 1 amide bonds. The number of para-hydroxylation sites is 2. The molecule has 1 aliphatic rings. The van der Waals surface area contributed by atoms with Crippen LogP contribution in [0.3, 0.4) is 0 Å². The van der Waals surface area contributed by atoms with Crippen LogP contribution < -0.4 is 15.4 Å². The third-order valence-corrected chi connectivity index (χ3v) is 3.12. The van der Waals surface area contributed by atoms with Gasteiger partial charge >= 0.3 is 5.97 Å². The largest absolute Gasteiger partial charge is 0.480 e. The number of nitrogens with one attached hydrogen (secondary N) is 2. The number of hydrogen-bond acceptors (Lipinski definition) is 4. The Kier molecular flexibility index (Phi) is 4.45. The maximum atomic E-state index is 12.1. The summed E-state index contributed by atoms with van der Waals surface area (Å²) < 4.78 is 5.58. The van der Waals surface area contributed by atoms with Crippen molar-refractivity contribution in [1.82, 2.24) is 5.32 Å². The first-order valence-electron chi connectivity index (χ1n) is 6.64. The van der Waals surface area contributed by atoms with Crippen molar-refractivity contribution < 1.29 is 19.4 Å². The van der Waals surface area contributed by atoms with Crippen molar-refractivity contribution in [3.05, 3.63) is 24.3 Å². The minimum atomic E-state index is -1.02. The Bertz CT molecular complexity index is 504. The normalized spacial score (nSPS) is 18.1. The average molecular weight is 278 g/mol. The summed E-state index contributed by atoms with van der Waals surface area (Å²) in [5, 5.41) is 14.6. The molecule has 0 saturated carbocycles. The highest BCUT2D eigenvalue weighted by molar-refractivity contribution is 5.87. The molecule has 2 atom stereocenters. The molecule has 1 unspecified atom stereocenters. The fourth-order valence-corrected chi connectivity index (χ4v) is 2.07. The molecule has 108 valence electrons. The number of benzene rings is 1. The zero-order valence-corrected chi connectivity index (χ0v) is 11.3. The SMILES string of the molecule is CCC[C@@H](NC(=O)C1CNc2ccccc2O1)C(=O)O. The Labute approximate surface area is 117 Å². The van der Waals surface area contributed by atoms with Gasteiger partial charge in [0, 0.05) is 0 Å². The van der Waals surface area contributed by atoms with Crippen molar-refractivity contribution in [3.63, 3.8) is 0 Å². The van der Waals surface area contributed by atoms with Crippen molar-refractivity contribution in [2.45, 2.75) is 31.9 Å². The number of anilines is 1. The van der Waals surface area contributed by atoms with Crippen molar-refractivity contribution in [1.29, 1.82) is 0 Å². The monoisotopic (exact) mass is 278 g/mol. The van der Waals surface area contributed by atoms with Crippen LogP contribution in [-0.4, -0.2) is 35.7 Å². The number of carboxylic acid groups (broad SMARTS) is 1. The second-order valence-corrected chi connectivity index (χ2v) is 4.67. The van der Waals surface area contributed by atoms with E-state index in [1.54, 1.807) is 6.07 Å². The summed E-state index contributed by atoms with van der Waals surface area (Å²) in [6, 6.07) is 6.45. The molecule has 6 nitrogen and oxygen atoms in total. The number of ether oxygens (including phenoxy) is 1. The lowest BCUT2D eigenvalue weighted by molar-refractivity contribution is -0.143. The number of rotatable bonds is 5. The number of aliphatic carboxylic acids is 1. The highest BCUT2D eigenvalue weighted by atomic mass is 16.5. The summed E-state index contributed by atoms with van der Waals surface area (Å²) in [7, 11) is 0. The Morgan fingerprint density at radius 3 is 2.95 bits per heavy atom. The van der Waals surface area contributed by atoms with Gasteiger partial charge in [-0.05, 0) is 18.6 Å². The highest BCUT2D eigenvalue weighted by Crippen LogP contribution is 2.28. The van der Waals surface area contributed by atoms with Gasteiger partial charge in [0.15, 0.2) is 6.10 Å². The summed E-state index contributed by atoms with van der Waals surface area (Å²) in [5.74, 6) is -0.835. The third kappa shape index (κ3) is 3.20. The number of amides is 1. The topological polar surface area (TPSA) is 87.7 Å². The molecular weight excluding hydrogens is 260 g/mol. The lowest BCUT2D eigenvalue weighted by atomic mass is 10.1. The van der Waals surface area contributed by atoms with Crippen molar-refractivity contribution >= 4 is 17.6 Å². The fourth-order valence-electron chi connectivity index (χ4n) is 2.07. The molecular formula is C14H18N2O4. The van der Waals surface area contributed by atoms with E-state index in [2.05, 4.69) is 10.6 Å². The smallest absolute Gasteiger partial charge is 0.326 e. The maximum absolute atomic E-state index is 12.1. The van der Waals surface area contributed by atoms with Crippen molar-refractivity contribution in [3.8, 4) is 5.75 Å². The van der Waals surface area contributed by atoms with Crippen LogP contribution in [0, 0.1) is 0 Å². The molecule has 0 fully saturated rings. The lowest BCUT2D eigenvalue weighted by Gasteiger charge is -2.27. The minimum absolute atomic E-state index is 0.321. The molecule has 6 heteroatoms. The molecule has 0 radical (unpaired) electrons. The van der Waals surface area contributed by atoms with Gasteiger partial charge in [-0.3, -0.25) is 4.79 Å².